The van der Waals surface area contributed by atoms with Crippen LogP contribution in [0.5, 0.6) is 0 Å². The molecule has 6 nitrogen and oxygen atoms in total. The van der Waals surface area contributed by atoms with Crippen molar-refractivity contribution in [1.29, 1.82) is 0 Å². The van der Waals surface area contributed by atoms with Gasteiger partial charge in [0.15, 0.2) is 0 Å². The third-order valence-electron chi connectivity index (χ3n) is 2.23. The summed E-state index contributed by atoms with van der Waals surface area (Å²) in [4.78, 5) is 22.0. The van der Waals surface area contributed by atoms with Crippen LogP contribution in [0.1, 0.15) is 10.4 Å². The highest BCUT2D eigenvalue weighted by Crippen LogP contribution is 2.23. The number of nitrogens with one attached hydrogen (secondary N) is 1. The number of hydrogen-bond donors (Lipinski definition) is 1. The number of carbonyl (C=O) groups excluding carboxylic acids is 1. The summed E-state index contributed by atoms with van der Waals surface area (Å²) in [7, 11) is 1.54. The Morgan fingerprint density at radius 1 is 1.63 bits per heavy atom. The van der Waals surface area contributed by atoms with Crippen molar-refractivity contribution in [2.45, 2.75) is 4.83 Å². The number of hydrogen-bond acceptors (Lipinski definition) is 4. The van der Waals surface area contributed by atoms with E-state index in [1.165, 1.54) is 12.1 Å². The molecule has 8 heteroatoms. The van der Waals surface area contributed by atoms with Crippen molar-refractivity contribution < 1.29 is 14.5 Å². The average Bonchev–Trinajstić information content (AvgIpc) is 2.36. The van der Waals surface area contributed by atoms with Crippen molar-refractivity contribution in [3.63, 3.8) is 0 Å². The van der Waals surface area contributed by atoms with E-state index >= 15 is 0 Å². The van der Waals surface area contributed by atoms with E-state index in [0.717, 1.165) is 6.07 Å². The van der Waals surface area contributed by atoms with Gasteiger partial charge in [0.25, 0.3) is 11.6 Å². The predicted octanol–water partition coefficient (Wildman–Crippen LogP) is 2.39. The van der Waals surface area contributed by atoms with E-state index in [9.17, 15) is 14.9 Å². The number of benzene rings is 1. The normalized spacial score (nSPS) is 11.9. The molecule has 0 bridgehead atoms. The maximum Gasteiger partial charge on any atom is 0.283 e. The summed E-state index contributed by atoms with van der Waals surface area (Å²) in [5.41, 5.74) is -0.339. The molecule has 0 spiro atoms. The molecule has 19 heavy (non-hydrogen) atoms. The Morgan fingerprint density at radius 3 is 2.89 bits per heavy atom. The van der Waals surface area contributed by atoms with Crippen LogP contribution < -0.4 is 5.32 Å². The maximum atomic E-state index is 11.9. The van der Waals surface area contributed by atoms with Crippen LogP contribution >= 0.6 is 27.5 Å². The van der Waals surface area contributed by atoms with Crippen molar-refractivity contribution in [1.82, 2.24) is 5.32 Å². The third-order valence-corrected chi connectivity index (χ3v) is 3.06. The smallest absolute Gasteiger partial charge is 0.283 e. The van der Waals surface area contributed by atoms with Gasteiger partial charge in [0, 0.05) is 24.7 Å². The number of nitro groups is 1. The minimum absolute atomic E-state index is 0.0217. The van der Waals surface area contributed by atoms with E-state index in [1.54, 1.807) is 7.11 Å². The van der Waals surface area contributed by atoms with Gasteiger partial charge in [0.2, 0.25) is 0 Å². The zero-order chi connectivity index (χ0) is 14.4. The fourth-order valence-electron chi connectivity index (χ4n) is 1.39. The molecule has 0 aliphatic rings. The summed E-state index contributed by atoms with van der Waals surface area (Å²) in [6.45, 7) is 0.718. The maximum absolute atomic E-state index is 11.9. The highest BCUT2D eigenvalue weighted by Gasteiger charge is 2.20. The summed E-state index contributed by atoms with van der Waals surface area (Å²) in [5, 5.41) is 13.7. The first kappa shape index (κ1) is 15.9. The first-order chi connectivity index (χ1) is 8.95. The van der Waals surface area contributed by atoms with Crippen molar-refractivity contribution in [3.05, 3.63) is 38.9 Å². The molecule has 1 aromatic rings. The Morgan fingerprint density at radius 2 is 2.32 bits per heavy atom. The third kappa shape index (κ3) is 4.77. The van der Waals surface area contributed by atoms with Crippen LogP contribution in [-0.2, 0) is 4.74 Å². The average molecular weight is 352 g/mol. The molecular formula is C11H12BrClN2O4. The van der Waals surface area contributed by atoms with Gasteiger partial charge in [-0.1, -0.05) is 27.5 Å². The number of methoxy groups -OCH3 is 1. The molecule has 0 aromatic heterocycles. The van der Waals surface area contributed by atoms with E-state index in [-0.39, 0.29) is 21.1 Å². The van der Waals surface area contributed by atoms with E-state index in [0.29, 0.717) is 13.2 Å². The zero-order valence-corrected chi connectivity index (χ0v) is 12.4. The Balaban J connectivity index is 2.79. The lowest BCUT2D eigenvalue weighted by Crippen LogP contribution is -2.31. The number of ether oxygens (including phenoxy) is 1. The van der Waals surface area contributed by atoms with Gasteiger partial charge in [-0.25, -0.2) is 0 Å². The van der Waals surface area contributed by atoms with Crippen molar-refractivity contribution in [2.24, 2.45) is 0 Å². The van der Waals surface area contributed by atoms with Gasteiger partial charge < -0.3 is 10.1 Å². The van der Waals surface area contributed by atoms with E-state index < -0.39 is 10.8 Å². The lowest BCUT2D eigenvalue weighted by Gasteiger charge is -2.10. The first-order valence-electron chi connectivity index (χ1n) is 5.31. The van der Waals surface area contributed by atoms with Gasteiger partial charge in [-0.3, -0.25) is 14.9 Å². The topological polar surface area (TPSA) is 81.5 Å². The summed E-state index contributed by atoms with van der Waals surface area (Å²) in [6.07, 6.45) is 0. The second-order valence-corrected chi connectivity index (χ2v) is 5.41. The van der Waals surface area contributed by atoms with Crippen LogP contribution in [-0.4, -0.2) is 35.9 Å². The van der Waals surface area contributed by atoms with Crippen molar-refractivity contribution in [3.8, 4) is 0 Å². The second kappa shape index (κ2) is 7.42. The fourth-order valence-corrected chi connectivity index (χ4v) is 1.98. The molecule has 1 amide bonds. The number of carbonyl (C=O) groups is 1. The fraction of sp³-hybridized carbons (Fsp3) is 0.364. The molecular weight excluding hydrogens is 339 g/mol. The largest absolute Gasteiger partial charge is 0.383 e. The number of amides is 1. The van der Waals surface area contributed by atoms with E-state index in [2.05, 4.69) is 21.2 Å². The predicted molar refractivity (Wildman–Crippen MR) is 75.0 cm³/mol. The van der Waals surface area contributed by atoms with Crippen LogP contribution in [0.25, 0.3) is 0 Å². The molecule has 104 valence electrons. The summed E-state index contributed by atoms with van der Waals surface area (Å²) in [5.74, 6) is -0.524. The summed E-state index contributed by atoms with van der Waals surface area (Å²) >= 11 is 8.98. The SMILES string of the molecule is COCC(Br)CNC(=O)c1ccc(Cl)cc1[N+](=O)[O-]. The zero-order valence-electron chi connectivity index (χ0n) is 10.1. The molecule has 0 saturated heterocycles. The number of alkyl halides is 1. The monoisotopic (exact) mass is 350 g/mol. The quantitative estimate of drug-likeness (QED) is 0.485. The minimum Gasteiger partial charge on any atom is -0.383 e. The van der Waals surface area contributed by atoms with Crippen LogP contribution in [0, 0.1) is 10.1 Å². The Kier molecular flexibility index (Phi) is 6.20. The number of nitro benzene ring substituents is 1. The molecule has 1 unspecified atom stereocenters. The second-order valence-electron chi connectivity index (χ2n) is 3.68. The Labute approximate surface area is 123 Å². The van der Waals surface area contributed by atoms with Crippen LogP contribution in [0.4, 0.5) is 5.69 Å². The Hall–Kier alpha value is -1.18. The highest BCUT2D eigenvalue weighted by atomic mass is 79.9. The molecule has 0 aliphatic carbocycles. The van der Waals surface area contributed by atoms with Gasteiger partial charge in [-0.15, -0.1) is 0 Å². The van der Waals surface area contributed by atoms with Crippen LogP contribution in [0.3, 0.4) is 0 Å². The number of halogens is 2. The molecule has 0 fully saturated rings. The molecule has 0 aliphatic heterocycles. The van der Waals surface area contributed by atoms with E-state index in [1.807, 2.05) is 0 Å². The number of rotatable bonds is 6. The van der Waals surface area contributed by atoms with Crippen LogP contribution in [0.15, 0.2) is 18.2 Å². The molecule has 0 saturated carbocycles. The minimum atomic E-state index is -0.637. The van der Waals surface area contributed by atoms with Gasteiger partial charge in [0.1, 0.15) is 5.56 Å². The van der Waals surface area contributed by atoms with Gasteiger partial charge in [-0.05, 0) is 12.1 Å². The lowest BCUT2D eigenvalue weighted by molar-refractivity contribution is -0.385. The standard InChI is InChI=1S/C11H12BrClN2O4/c1-19-6-7(12)5-14-11(16)9-3-2-8(13)4-10(9)15(17)18/h2-4,7H,5-6H2,1H3,(H,14,16). The van der Waals surface area contributed by atoms with Gasteiger partial charge in [-0.2, -0.15) is 0 Å². The van der Waals surface area contributed by atoms with Crippen molar-refractivity contribution >= 4 is 39.1 Å². The molecule has 1 aromatic carbocycles. The molecule has 1 N–H and O–H groups in total. The van der Waals surface area contributed by atoms with Gasteiger partial charge in [0.05, 0.1) is 16.4 Å². The first-order valence-corrected chi connectivity index (χ1v) is 6.60. The molecule has 1 atom stereocenters. The molecule has 1 rings (SSSR count). The summed E-state index contributed by atoms with van der Waals surface area (Å²) in [6, 6.07) is 3.91. The van der Waals surface area contributed by atoms with Gasteiger partial charge >= 0.3 is 0 Å². The van der Waals surface area contributed by atoms with Crippen LogP contribution in [0.2, 0.25) is 5.02 Å². The number of nitrogens with zero attached hydrogens (tertiary/aromatic N) is 1. The molecule has 0 heterocycles. The Bertz CT molecular complexity index is 484. The molecule has 0 radical (unpaired) electrons. The van der Waals surface area contributed by atoms with Crippen molar-refractivity contribution in [2.75, 3.05) is 20.3 Å². The lowest BCUT2D eigenvalue weighted by atomic mass is 10.1. The van der Waals surface area contributed by atoms with E-state index in [4.69, 9.17) is 16.3 Å². The highest BCUT2D eigenvalue weighted by molar-refractivity contribution is 9.09. The summed E-state index contributed by atoms with van der Waals surface area (Å²) < 4.78 is 4.90.